The standard InChI is InChI=1S/C8H7ClN2O3/c9-4-7(12)5-2-1-3-6(8(5)10)11(13)14/h1-3H,4,10H2. The molecule has 0 fully saturated rings. The Morgan fingerprint density at radius 2 is 2.21 bits per heavy atom. The first kappa shape index (κ1) is 10.5. The molecule has 0 heterocycles. The smallest absolute Gasteiger partial charge is 0.292 e. The number of nitro benzene ring substituents is 1. The normalized spacial score (nSPS) is 9.79. The van der Waals surface area contributed by atoms with Gasteiger partial charge >= 0.3 is 0 Å². The molecule has 0 aliphatic heterocycles. The minimum Gasteiger partial charge on any atom is -0.393 e. The van der Waals surface area contributed by atoms with Crippen LogP contribution in [0.3, 0.4) is 0 Å². The number of para-hydroxylation sites is 1. The summed E-state index contributed by atoms with van der Waals surface area (Å²) < 4.78 is 0. The van der Waals surface area contributed by atoms with Crippen molar-refractivity contribution in [2.45, 2.75) is 0 Å². The summed E-state index contributed by atoms with van der Waals surface area (Å²) in [5.74, 6) is -0.668. The summed E-state index contributed by atoms with van der Waals surface area (Å²) in [6.45, 7) is 0. The predicted octanol–water partition coefficient (Wildman–Crippen LogP) is 1.60. The van der Waals surface area contributed by atoms with E-state index in [9.17, 15) is 14.9 Å². The number of anilines is 1. The molecule has 1 rings (SSSR count). The number of alkyl halides is 1. The van der Waals surface area contributed by atoms with Gasteiger partial charge in [-0.25, -0.2) is 0 Å². The number of hydrogen-bond donors (Lipinski definition) is 1. The molecule has 0 bridgehead atoms. The summed E-state index contributed by atoms with van der Waals surface area (Å²) in [4.78, 5) is 21.0. The Balaban J connectivity index is 3.27. The molecule has 5 nitrogen and oxygen atoms in total. The molecule has 14 heavy (non-hydrogen) atoms. The second-order valence-electron chi connectivity index (χ2n) is 2.55. The van der Waals surface area contributed by atoms with E-state index in [-0.39, 0.29) is 22.8 Å². The quantitative estimate of drug-likeness (QED) is 0.272. The molecule has 6 heteroatoms. The Labute approximate surface area is 84.6 Å². The number of nitrogens with two attached hydrogens (primary N) is 1. The summed E-state index contributed by atoms with van der Waals surface area (Å²) in [7, 11) is 0. The van der Waals surface area contributed by atoms with Crippen molar-refractivity contribution < 1.29 is 9.72 Å². The van der Waals surface area contributed by atoms with Gasteiger partial charge in [0.1, 0.15) is 5.69 Å². The highest BCUT2D eigenvalue weighted by Crippen LogP contribution is 2.25. The Kier molecular flexibility index (Phi) is 3.03. The second kappa shape index (κ2) is 4.06. The third kappa shape index (κ3) is 1.82. The zero-order valence-corrected chi connectivity index (χ0v) is 7.82. The number of carbonyl (C=O) groups is 1. The summed E-state index contributed by atoms with van der Waals surface area (Å²) in [5, 5.41) is 10.5. The maximum absolute atomic E-state index is 11.2. The molecule has 0 aliphatic carbocycles. The first-order chi connectivity index (χ1) is 6.57. The van der Waals surface area contributed by atoms with E-state index in [0.29, 0.717) is 0 Å². The number of benzene rings is 1. The van der Waals surface area contributed by atoms with Crippen LogP contribution in [-0.2, 0) is 0 Å². The van der Waals surface area contributed by atoms with E-state index in [1.165, 1.54) is 18.2 Å². The van der Waals surface area contributed by atoms with Crippen molar-refractivity contribution in [1.29, 1.82) is 0 Å². The summed E-state index contributed by atoms with van der Waals surface area (Å²) in [6.07, 6.45) is 0. The van der Waals surface area contributed by atoms with Crippen LogP contribution in [0.2, 0.25) is 0 Å². The third-order valence-corrected chi connectivity index (χ3v) is 1.94. The topological polar surface area (TPSA) is 86.2 Å². The lowest BCUT2D eigenvalue weighted by atomic mass is 10.1. The fraction of sp³-hybridized carbons (Fsp3) is 0.125. The first-order valence-electron chi connectivity index (χ1n) is 3.70. The molecule has 0 radical (unpaired) electrons. The first-order valence-corrected chi connectivity index (χ1v) is 4.23. The predicted molar refractivity (Wildman–Crippen MR) is 52.6 cm³/mol. The van der Waals surface area contributed by atoms with Crippen LogP contribution in [0.5, 0.6) is 0 Å². The van der Waals surface area contributed by atoms with Gasteiger partial charge in [-0.05, 0) is 6.07 Å². The van der Waals surface area contributed by atoms with Gasteiger partial charge in [0.25, 0.3) is 5.69 Å². The van der Waals surface area contributed by atoms with Crippen molar-refractivity contribution in [2.75, 3.05) is 11.6 Å². The van der Waals surface area contributed by atoms with Crippen LogP contribution in [-0.4, -0.2) is 16.6 Å². The van der Waals surface area contributed by atoms with Crippen LogP contribution in [0.15, 0.2) is 18.2 Å². The third-order valence-electron chi connectivity index (χ3n) is 1.70. The van der Waals surface area contributed by atoms with E-state index in [1.54, 1.807) is 0 Å². The maximum atomic E-state index is 11.2. The van der Waals surface area contributed by atoms with Crippen LogP contribution in [0, 0.1) is 10.1 Å². The van der Waals surface area contributed by atoms with Crippen LogP contribution >= 0.6 is 11.6 Å². The number of hydrogen-bond acceptors (Lipinski definition) is 4. The molecular weight excluding hydrogens is 208 g/mol. The molecule has 0 saturated heterocycles. The van der Waals surface area contributed by atoms with Crippen LogP contribution < -0.4 is 5.73 Å². The van der Waals surface area contributed by atoms with Crippen molar-refractivity contribution in [2.24, 2.45) is 0 Å². The molecule has 74 valence electrons. The van der Waals surface area contributed by atoms with E-state index in [0.717, 1.165) is 0 Å². The molecule has 0 amide bonds. The van der Waals surface area contributed by atoms with Crippen molar-refractivity contribution >= 4 is 28.8 Å². The lowest BCUT2D eigenvalue weighted by Gasteiger charge is -2.02. The lowest BCUT2D eigenvalue weighted by Crippen LogP contribution is -2.07. The average molecular weight is 215 g/mol. The number of halogens is 1. The molecule has 0 saturated carbocycles. The molecule has 0 aliphatic rings. The van der Waals surface area contributed by atoms with Crippen molar-refractivity contribution in [3.63, 3.8) is 0 Å². The molecular formula is C8H7ClN2O3. The van der Waals surface area contributed by atoms with E-state index in [2.05, 4.69) is 0 Å². The Bertz CT molecular complexity index is 392. The molecule has 2 N–H and O–H groups in total. The fourth-order valence-corrected chi connectivity index (χ4v) is 1.17. The maximum Gasteiger partial charge on any atom is 0.292 e. The van der Waals surface area contributed by atoms with Gasteiger partial charge in [-0.2, -0.15) is 0 Å². The highest BCUT2D eigenvalue weighted by atomic mass is 35.5. The summed E-state index contributed by atoms with van der Waals surface area (Å²) in [6, 6.07) is 4.04. The van der Waals surface area contributed by atoms with E-state index < -0.39 is 10.7 Å². The van der Waals surface area contributed by atoms with Gasteiger partial charge in [0.05, 0.1) is 10.8 Å². The van der Waals surface area contributed by atoms with Crippen molar-refractivity contribution in [1.82, 2.24) is 0 Å². The zero-order valence-electron chi connectivity index (χ0n) is 7.07. The summed E-state index contributed by atoms with van der Waals surface area (Å²) in [5.41, 5.74) is 5.12. The van der Waals surface area contributed by atoms with Gasteiger partial charge in [0.2, 0.25) is 0 Å². The van der Waals surface area contributed by atoms with E-state index in [1.807, 2.05) is 0 Å². The second-order valence-corrected chi connectivity index (χ2v) is 2.82. The molecule has 1 aromatic carbocycles. The number of nitro groups is 1. The molecule has 0 atom stereocenters. The molecule has 0 aromatic heterocycles. The van der Waals surface area contributed by atoms with Gasteiger partial charge in [-0.15, -0.1) is 11.6 Å². The highest BCUT2D eigenvalue weighted by molar-refractivity contribution is 6.31. The van der Waals surface area contributed by atoms with Gasteiger partial charge in [-0.3, -0.25) is 14.9 Å². The number of Topliss-reactive ketones (excluding diaryl/α,β-unsaturated/α-hetero) is 1. The van der Waals surface area contributed by atoms with Gasteiger partial charge in [0.15, 0.2) is 5.78 Å². The Morgan fingerprint density at radius 1 is 1.57 bits per heavy atom. The Hall–Kier alpha value is -1.62. The lowest BCUT2D eigenvalue weighted by molar-refractivity contribution is -0.383. The number of carbonyl (C=O) groups excluding carboxylic acids is 1. The van der Waals surface area contributed by atoms with Gasteiger partial charge in [-0.1, -0.05) is 6.07 Å². The minimum atomic E-state index is -0.639. The van der Waals surface area contributed by atoms with Crippen molar-refractivity contribution in [3.8, 4) is 0 Å². The molecule has 1 aromatic rings. The summed E-state index contributed by atoms with van der Waals surface area (Å²) >= 11 is 5.32. The average Bonchev–Trinajstić information content (AvgIpc) is 2.16. The van der Waals surface area contributed by atoms with Gasteiger partial charge < -0.3 is 5.73 Å². The fourth-order valence-electron chi connectivity index (χ4n) is 1.03. The van der Waals surface area contributed by atoms with E-state index in [4.69, 9.17) is 17.3 Å². The number of ketones is 1. The van der Waals surface area contributed by atoms with Crippen LogP contribution in [0.1, 0.15) is 10.4 Å². The number of nitrogen functional groups attached to an aromatic ring is 1. The van der Waals surface area contributed by atoms with Crippen molar-refractivity contribution in [3.05, 3.63) is 33.9 Å². The van der Waals surface area contributed by atoms with Crippen LogP contribution in [0.25, 0.3) is 0 Å². The molecule has 0 spiro atoms. The SMILES string of the molecule is Nc1c(C(=O)CCl)cccc1[N+](=O)[O-]. The Morgan fingerprint density at radius 3 is 2.71 bits per heavy atom. The van der Waals surface area contributed by atoms with Gasteiger partial charge in [0, 0.05) is 11.6 Å². The number of nitrogens with zero attached hydrogens (tertiary/aromatic N) is 1. The highest BCUT2D eigenvalue weighted by Gasteiger charge is 2.17. The largest absolute Gasteiger partial charge is 0.393 e. The molecule has 0 unspecified atom stereocenters. The van der Waals surface area contributed by atoms with E-state index >= 15 is 0 Å². The number of rotatable bonds is 3. The minimum absolute atomic E-state index is 0.0919. The monoisotopic (exact) mass is 214 g/mol. The zero-order chi connectivity index (χ0) is 10.7. The van der Waals surface area contributed by atoms with Crippen LogP contribution in [0.4, 0.5) is 11.4 Å².